The Morgan fingerprint density at radius 1 is 0.720 bits per heavy atom. The third-order valence-corrected chi connectivity index (χ3v) is 4.67. The maximum atomic E-state index is 8.87. The summed E-state index contributed by atoms with van der Waals surface area (Å²) in [5.74, 6) is 0. The number of nitriles is 1. The van der Waals surface area contributed by atoms with Crippen LogP contribution in [0.25, 0.3) is 11.1 Å². The van der Waals surface area contributed by atoms with E-state index < -0.39 is 0 Å². The molecule has 0 spiro atoms. The van der Waals surface area contributed by atoms with Crippen molar-refractivity contribution in [3.63, 3.8) is 0 Å². The Bertz CT molecular complexity index is 659. The summed E-state index contributed by atoms with van der Waals surface area (Å²) in [5.41, 5.74) is 4.51. The Labute approximate surface area is 153 Å². The zero-order valence-electron chi connectivity index (χ0n) is 15.2. The molecule has 2 aromatic carbocycles. The number of rotatable bonds is 11. The van der Waals surface area contributed by atoms with Gasteiger partial charge in [0, 0.05) is 0 Å². The van der Waals surface area contributed by atoms with Crippen molar-refractivity contribution in [3.05, 3.63) is 72.3 Å². The van der Waals surface area contributed by atoms with E-state index in [1.165, 1.54) is 74.5 Å². The molecule has 0 aliphatic rings. The van der Waals surface area contributed by atoms with Gasteiger partial charge in [-0.1, -0.05) is 74.6 Å². The van der Waals surface area contributed by atoms with Crippen molar-refractivity contribution in [1.29, 1.82) is 5.26 Å². The molecule has 1 heteroatoms. The minimum Gasteiger partial charge on any atom is -0.192 e. The van der Waals surface area contributed by atoms with Crippen LogP contribution in [0.4, 0.5) is 0 Å². The van der Waals surface area contributed by atoms with Crippen LogP contribution in [0.3, 0.4) is 0 Å². The molecule has 130 valence electrons. The molecule has 0 amide bonds. The summed E-state index contributed by atoms with van der Waals surface area (Å²) >= 11 is 0. The molecule has 0 radical (unpaired) electrons. The maximum Gasteiger partial charge on any atom is 0.0991 e. The summed E-state index contributed by atoms with van der Waals surface area (Å²) in [6.07, 6.45) is 13.7. The van der Waals surface area contributed by atoms with Gasteiger partial charge in [-0.3, -0.25) is 0 Å². The van der Waals surface area contributed by atoms with Crippen LogP contribution in [-0.4, -0.2) is 0 Å². The highest BCUT2D eigenvalue weighted by molar-refractivity contribution is 5.64. The highest BCUT2D eigenvalue weighted by atomic mass is 14.2. The molecule has 25 heavy (non-hydrogen) atoms. The molecule has 2 aromatic rings. The predicted octanol–water partition coefficient (Wildman–Crippen LogP) is 7.07. The van der Waals surface area contributed by atoms with E-state index in [1.54, 1.807) is 0 Å². The highest BCUT2D eigenvalue weighted by Gasteiger charge is 1.99. The van der Waals surface area contributed by atoms with Crippen molar-refractivity contribution in [2.75, 3.05) is 0 Å². The van der Waals surface area contributed by atoms with E-state index in [9.17, 15) is 0 Å². The van der Waals surface area contributed by atoms with Crippen molar-refractivity contribution < 1.29 is 0 Å². The average Bonchev–Trinajstić information content (AvgIpc) is 2.67. The number of benzene rings is 2. The first-order chi connectivity index (χ1) is 12.3. The minimum absolute atomic E-state index is 0.709. The number of aryl methyl sites for hydroxylation is 1. The minimum atomic E-state index is 0.709. The van der Waals surface area contributed by atoms with E-state index in [0.29, 0.717) is 5.56 Å². The highest BCUT2D eigenvalue weighted by Crippen LogP contribution is 2.21. The molecule has 0 unspecified atom stereocenters. The van der Waals surface area contributed by atoms with Gasteiger partial charge in [0.15, 0.2) is 0 Å². The molecule has 0 saturated heterocycles. The molecule has 0 heterocycles. The van der Waals surface area contributed by atoms with Crippen LogP contribution >= 0.6 is 0 Å². The molecule has 1 nitrogen and oxygen atoms in total. The van der Waals surface area contributed by atoms with Crippen molar-refractivity contribution in [3.8, 4) is 17.2 Å². The average molecular weight is 332 g/mol. The number of nitrogens with zero attached hydrogens (tertiary/aromatic N) is 1. The van der Waals surface area contributed by atoms with Crippen molar-refractivity contribution in [2.45, 2.75) is 57.8 Å². The Morgan fingerprint density at radius 2 is 1.24 bits per heavy atom. The molecule has 0 aromatic heterocycles. The third kappa shape index (κ3) is 6.98. The van der Waals surface area contributed by atoms with E-state index in [1.807, 2.05) is 30.3 Å². The zero-order chi connectivity index (χ0) is 17.7. The van der Waals surface area contributed by atoms with Crippen molar-refractivity contribution in [1.82, 2.24) is 0 Å². The second-order valence-corrected chi connectivity index (χ2v) is 6.69. The standard InChI is InChI=1S/C24H29N/c1-2-3-4-5-6-7-8-9-10-11-21-12-16-23(17-13-21)24-18-14-22(20-25)15-19-24/h2,12-19H,1,3-11H2. The quantitative estimate of drug-likeness (QED) is 0.319. The first-order valence-electron chi connectivity index (χ1n) is 9.54. The lowest BCUT2D eigenvalue weighted by Gasteiger charge is -2.05. The number of hydrogen-bond acceptors (Lipinski definition) is 1. The Hall–Kier alpha value is -2.33. The SMILES string of the molecule is C=CCCCCCCCCCc1ccc(-c2ccc(C#N)cc2)cc1. The molecule has 0 aliphatic carbocycles. The van der Waals surface area contributed by atoms with Gasteiger partial charge in [0.05, 0.1) is 11.6 Å². The molecule has 0 saturated carbocycles. The van der Waals surface area contributed by atoms with Crippen LogP contribution in [0.2, 0.25) is 0 Å². The van der Waals surface area contributed by atoms with E-state index in [-0.39, 0.29) is 0 Å². The molecule has 0 bridgehead atoms. The molecule has 0 aliphatic heterocycles. The topological polar surface area (TPSA) is 23.8 Å². The van der Waals surface area contributed by atoms with Gasteiger partial charge in [0.2, 0.25) is 0 Å². The molecular formula is C24H29N. The molecular weight excluding hydrogens is 302 g/mol. The van der Waals surface area contributed by atoms with Crippen LogP contribution in [-0.2, 0) is 6.42 Å². The van der Waals surface area contributed by atoms with Crippen LogP contribution < -0.4 is 0 Å². The monoisotopic (exact) mass is 331 g/mol. The first-order valence-corrected chi connectivity index (χ1v) is 9.54. The third-order valence-electron chi connectivity index (χ3n) is 4.67. The van der Waals surface area contributed by atoms with Crippen LogP contribution in [0.5, 0.6) is 0 Å². The Morgan fingerprint density at radius 3 is 1.80 bits per heavy atom. The molecule has 0 fully saturated rings. The number of allylic oxidation sites excluding steroid dienone is 1. The van der Waals surface area contributed by atoms with Crippen LogP contribution in [0.15, 0.2) is 61.2 Å². The van der Waals surface area contributed by atoms with Crippen molar-refractivity contribution in [2.24, 2.45) is 0 Å². The Balaban J connectivity index is 1.66. The van der Waals surface area contributed by atoms with Gasteiger partial charge < -0.3 is 0 Å². The molecule has 0 atom stereocenters. The second-order valence-electron chi connectivity index (χ2n) is 6.69. The number of unbranched alkanes of at least 4 members (excludes halogenated alkanes) is 7. The van der Waals surface area contributed by atoms with Gasteiger partial charge in [-0.2, -0.15) is 5.26 Å². The molecule has 0 N–H and O–H groups in total. The van der Waals surface area contributed by atoms with E-state index in [0.717, 1.165) is 0 Å². The lowest BCUT2D eigenvalue weighted by Crippen LogP contribution is -1.87. The fourth-order valence-electron chi connectivity index (χ4n) is 3.10. The summed E-state index contributed by atoms with van der Waals surface area (Å²) in [5, 5.41) is 8.87. The summed E-state index contributed by atoms with van der Waals surface area (Å²) in [7, 11) is 0. The van der Waals surface area contributed by atoms with Gasteiger partial charge in [-0.05, 0) is 54.5 Å². The van der Waals surface area contributed by atoms with Crippen LogP contribution in [0.1, 0.15) is 62.5 Å². The van der Waals surface area contributed by atoms with Crippen LogP contribution in [0, 0.1) is 11.3 Å². The summed E-state index contributed by atoms with van der Waals surface area (Å²) in [6, 6.07) is 18.8. The lowest BCUT2D eigenvalue weighted by atomic mass is 10.00. The normalized spacial score (nSPS) is 10.4. The van der Waals surface area contributed by atoms with Gasteiger partial charge in [0.1, 0.15) is 0 Å². The van der Waals surface area contributed by atoms with Gasteiger partial charge in [-0.25, -0.2) is 0 Å². The van der Waals surface area contributed by atoms with E-state index in [4.69, 9.17) is 5.26 Å². The fourth-order valence-corrected chi connectivity index (χ4v) is 3.10. The van der Waals surface area contributed by atoms with Gasteiger partial charge in [-0.15, -0.1) is 6.58 Å². The smallest absolute Gasteiger partial charge is 0.0991 e. The Kier molecular flexibility index (Phi) is 8.56. The molecule has 2 rings (SSSR count). The number of hydrogen-bond donors (Lipinski definition) is 0. The largest absolute Gasteiger partial charge is 0.192 e. The summed E-state index contributed by atoms with van der Waals surface area (Å²) in [6.45, 7) is 3.77. The summed E-state index contributed by atoms with van der Waals surface area (Å²) < 4.78 is 0. The summed E-state index contributed by atoms with van der Waals surface area (Å²) in [4.78, 5) is 0. The lowest BCUT2D eigenvalue weighted by molar-refractivity contribution is 0.581. The maximum absolute atomic E-state index is 8.87. The fraction of sp³-hybridized carbons (Fsp3) is 0.375. The first kappa shape index (κ1) is 19.0. The zero-order valence-corrected chi connectivity index (χ0v) is 15.2. The predicted molar refractivity (Wildman–Crippen MR) is 107 cm³/mol. The van der Waals surface area contributed by atoms with Crippen molar-refractivity contribution >= 4 is 0 Å². The van der Waals surface area contributed by atoms with Gasteiger partial charge >= 0.3 is 0 Å². The van der Waals surface area contributed by atoms with Gasteiger partial charge in [0.25, 0.3) is 0 Å². The van der Waals surface area contributed by atoms with E-state index in [2.05, 4.69) is 36.9 Å². The second kappa shape index (κ2) is 11.3. The van der Waals surface area contributed by atoms with E-state index >= 15 is 0 Å².